The molecule has 0 atom stereocenters. The lowest BCUT2D eigenvalue weighted by Gasteiger charge is -2.10. The van der Waals surface area contributed by atoms with Crippen LogP contribution in [0.1, 0.15) is 36.7 Å². The molecule has 23 heavy (non-hydrogen) atoms. The molecular formula is C14H16F3N3O2S. The van der Waals surface area contributed by atoms with E-state index in [1.54, 1.807) is 16.9 Å². The largest absolute Gasteiger partial charge is 0.417 e. The van der Waals surface area contributed by atoms with Gasteiger partial charge in [0.05, 0.1) is 11.3 Å². The number of sulfone groups is 1. The summed E-state index contributed by atoms with van der Waals surface area (Å²) in [5.41, 5.74) is -0.694. The molecule has 0 aliphatic heterocycles. The quantitative estimate of drug-likeness (QED) is 0.852. The fourth-order valence-electron chi connectivity index (χ4n) is 2.05. The molecular weight excluding hydrogens is 331 g/mol. The summed E-state index contributed by atoms with van der Waals surface area (Å²) in [4.78, 5) is 3.51. The first-order valence-corrected chi connectivity index (χ1v) is 8.46. The van der Waals surface area contributed by atoms with Crippen molar-refractivity contribution in [3.63, 3.8) is 0 Å². The number of hydrogen-bond acceptors (Lipinski definition) is 4. The smallest absolute Gasteiger partial charge is 0.270 e. The summed E-state index contributed by atoms with van der Waals surface area (Å²) >= 11 is 0. The summed E-state index contributed by atoms with van der Waals surface area (Å²) in [5.74, 6) is -0.411. The Hall–Kier alpha value is -1.90. The van der Waals surface area contributed by atoms with Gasteiger partial charge < -0.3 is 0 Å². The number of alkyl halides is 3. The van der Waals surface area contributed by atoms with Crippen LogP contribution in [0.15, 0.2) is 29.6 Å². The molecule has 0 bridgehead atoms. The molecule has 0 unspecified atom stereocenters. The van der Waals surface area contributed by atoms with Crippen molar-refractivity contribution in [3.05, 3.63) is 41.3 Å². The molecule has 0 fully saturated rings. The van der Waals surface area contributed by atoms with E-state index in [1.165, 1.54) is 6.92 Å². The number of hydrogen-bond donors (Lipinski definition) is 0. The highest BCUT2D eigenvalue weighted by molar-refractivity contribution is 7.90. The van der Waals surface area contributed by atoms with Gasteiger partial charge in [-0.2, -0.15) is 18.3 Å². The number of aryl methyl sites for hydroxylation is 1. The lowest BCUT2D eigenvalue weighted by molar-refractivity contribution is -0.137. The predicted octanol–water partition coefficient (Wildman–Crippen LogP) is 3.16. The highest BCUT2D eigenvalue weighted by Crippen LogP contribution is 2.30. The molecule has 2 heterocycles. The van der Waals surface area contributed by atoms with Crippen LogP contribution in [0.2, 0.25) is 0 Å². The Balaban J connectivity index is 2.32. The molecule has 0 amide bonds. The van der Waals surface area contributed by atoms with Crippen molar-refractivity contribution >= 4 is 9.84 Å². The van der Waals surface area contributed by atoms with Crippen molar-refractivity contribution < 1.29 is 21.6 Å². The lowest BCUT2D eigenvalue weighted by atomic mass is 10.2. The van der Waals surface area contributed by atoms with Gasteiger partial charge in [0.15, 0.2) is 5.03 Å². The second-order valence-corrected chi connectivity index (χ2v) is 7.39. The normalized spacial score (nSPS) is 12.8. The molecule has 0 radical (unpaired) electrons. The van der Waals surface area contributed by atoms with Crippen LogP contribution in [0, 0.1) is 6.92 Å². The summed E-state index contributed by atoms with van der Waals surface area (Å²) in [7, 11) is -3.87. The summed E-state index contributed by atoms with van der Waals surface area (Å²) in [6.45, 7) is 5.08. The van der Waals surface area contributed by atoms with Crippen LogP contribution in [-0.2, 0) is 21.8 Å². The van der Waals surface area contributed by atoms with Gasteiger partial charge in [0, 0.05) is 18.4 Å². The third-order valence-corrected chi connectivity index (χ3v) is 4.88. The lowest BCUT2D eigenvalue weighted by Crippen LogP contribution is -2.13. The number of pyridine rings is 1. The zero-order valence-corrected chi connectivity index (χ0v) is 13.6. The minimum absolute atomic E-state index is 0.0388. The van der Waals surface area contributed by atoms with Gasteiger partial charge in [-0.05, 0) is 38.5 Å². The summed E-state index contributed by atoms with van der Waals surface area (Å²) in [6, 6.07) is 2.43. The van der Waals surface area contributed by atoms with E-state index in [4.69, 9.17) is 0 Å². The third-order valence-electron chi connectivity index (χ3n) is 3.18. The first kappa shape index (κ1) is 17.5. The average molecular weight is 347 g/mol. The first-order valence-electron chi connectivity index (χ1n) is 6.81. The predicted molar refractivity (Wildman–Crippen MR) is 77.5 cm³/mol. The average Bonchev–Trinajstić information content (AvgIpc) is 2.85. The summed E-state index contributed by atoms with van der Waals surface area (Å²) < 4.78 is 64.2. The maximum atomic E-state index is 12.6. The van der Waals surface area contributed by atoms with Crippen molar-refractivity contribution in [2.45, 2.75) is 43.8 Å². The van der Waals surface area contributed by atoms with Crippen molar-refractivity contribution in [1.82, 2.24) is 14.8 Å². The number of rotatable bonds is 4. The Labute approximate surface area is 132 Å². The van der Waals surface area contributed by atoms with Gasteiger partial charge in [-0.25, -0.2) is 13.4 Å². The standard InChI is InChI=1S/C14H16F3N3O2S/c1-9(2)20-5-4-12(19-20)8-23(21,22)13-10(3)6-11(7-18-13)14(15,16)17/h4-7,9H,8H2,1-3H3. The molecule has 0 spiro atoms. The molecule has 0 N–H and O–H groups in total. The van der Waals surface area contributed by atoms with Crippen LogP contribution in [0.3, 0.4) is 0 Å². The van der Waals surface area contributed by atoms with Crippen molar-refractivity contribution in [2.24, 2.45) is 0 Å². The molecule has 0 aliphatic rings. The molecule has 9 heteroatoms. The van der Waals surface area contributed by atoms with Crippen LogP contribution in [0.5, 0.6) is 0 Å². The van der Waals surface area contributed by atoms with Gasteiger partial charge in [0.1, 0.15) is 5.75 Å². The monoisotopic (exact) mass is 347 g/mol. The third kappa shape index (κ3) is 3.90. The van der Waals surface area contributed by atoms with Gasteiger partial charge in [-0.3, -0.25) is 4.68 Å². The molecule has 5 nitrogen and oxygen atoms in total. The topological polar surface area (TPSA) is 64.8 Å². The zero-order chi connectivity index (χ0) is 17.4. The number of halogens is 3. The fourth-order valence-corrected chi connectivity index (χ4v) is 3.49. The van der Waals surface area contributed by atoms with Crippen LogP contribution in [0.4, 0.5) is 13.2 Å². The molecule has 2 aromatic rings. The molecule has 0 aromatic carbocycles. The minimum Gasteiger partial charge on any atom is -0.270 e. The van der Waals surface area contributed by atoms with Crippen molar-refractivity contribution in [3.8, 4) is 0 Å². The van der Waals surface area contributed by atoms with Gasteiger partial charge in [0.25, 0.3) is 0 Å². The van der Waals surface area contributed by atoms with E-state index in [9.17, 15) is 21.6 Å². The van der Waals surface area contributed by atoms with Gasteiger partial charge in [-0.1, -0.05) is 0 Å². The zero-order valence-electron chi connectivity index (χ0n) is 12.8. The summed E-state index contributed by atoms with van der Waals surface area (Å²) in [6.07, 6.45) is -2.37. The molecule has 0 saturated heterocycles. The van der Waals surface area contributed by atoms with E-state index < -0.39 is 27.3 Å². The Morgan fingerprint density at radius 1 is 1.30 bits per heavy atom. The van der Waals surface area contributed by atoms with E-state index in [0.29, 0.717) is 11.9 Å². The van der Waals surface area contributed by atoms with Crippen LogP contribution in [-0.4, -0.2) is 23.2 Å². The second-order valence-electron chi connectivity index (χ2n) is 5.48. The Bertz CT molecular complexity index is 811. The highest BCUT2D eigenvalue weighted by Gasteiger charge is 2.32. The van der Waals surface area contributed by atoms with E-state index in [2.05, 4.69) is 10.1 Å². The molecule has 2 rings (SSSR count). The van der Waals surface area contributed by atoms with Gasteiger partial charge in [-0.15, -0.1) is 0 Å². The molecule has 0 saturated carbocycles. The second kappa shape index (κ2) is 5.95. The SMILES string of the molecule is Cc1cc(C(F)(F)F)cnc1S(=O)(=O)Cc1ccn(C(C)C)n1. The van der Waals surface area contributed by atoms with Crippen LogP contribution >= 0.6 is 0 Å². The van der Waals surface area contributed by atoms with Crippen LogP contribution < -0.4 is 0 Å². The Morgan fingerprint density at radius 2 is 1.96 bits per heavy atom. The van der Waals surface area contributed by atoms with E-state index in [0.717, 1.165) is 6.07 Å². The maximum absolute atomic E-state index is 12.6. The van der Waals surface area contributed by atoms with Crippen molar-refractivity contribution in [1.29, 1.82) is 0 Å². The minimum atomic E-state index is -4.56. The van der Waals surface area contributed by atoms with Gasteiger partial charge in [0.2, 0.25) is 9.84 Å². The number of nitrogens with zero attached hydrogens (tertiary/aromatic N) is 3. The number of aromatic nitrogens is 3. The van der Waals surface area contributed by atoms with E-state index in [1.807, 2.05) is 13.8 Å². The maximum Gasteiger partial charge on any atom is 0.417 e. The van der Waals surface area contributed by atoms with E-state index >= 15 is 0 Å². The Kier molecular flexibility index (Phi) is 4.52. The highest BCUT2D eigenvalue weighted by atomic mass is 32.2. The summed E-state index contributed by atoms with van der Waals surface area (Å²) in [5, 5.41) is 3.78. The molecule has 0 aliphatic carbocycles. The molecule has 2 aromatic heterocycles. The fraction of sp³-hybridized carbons (Fsp3) is 0.429. The van der Waals surface area contributed by atoms with E-state index in [-0.39, 0.29) is 16.6 Å². The first-order chi connectivity index (χ1) is 10.5. The Morgan fingerprint density at radius 3 is 2.43 bits per heavy atom. The van der Waals surface area contributed by atoms with Crippen LogP contribution in [0.25, 0.3) is 0 Å². The molecule has 126 valence electrons. The van der Waals surface area contributed by atoms with Gasteiger partial charge >= 0.3 is 6.18 Å². The van der Waals surface area contributed by atoms with Crippen molar-refractivity contribution in [2.75, 3.05) is 0 Å².